The minimum Gasteiger partial charge on any atom is -0.370 e. The van der Waals surface area contributed by atoms with Crippen LogP contribution in [0.5, 0.6) is 0 Å². The van der Waals surface area contributed by atoms with Crippen LogP contribution in [-0.4, -0.2) is 19.0 Å². The van der Waals surface area contributed by atoms with Gasteiger partial charge in [-0.05, 0) is 30.9 Å². The first-order valence-electron chi connectivity index (χ1n) is 6.71. The average Bonchev–Trinajstić information content (AvgIpc) is 2.39. The summed E-state index contributed by atoms with van der Waals surface area (Å²) in [5, 5.41) is 11.4. The monoisotopic (exact) mass is 257 g/mol. The van der Waals surface area contributed by atoms with E-state index in [1.165, 1.54) is 12.8 Å². The second kappa shape index (κ2) is 6.24. The van der Waals surface area contributed by atoms with Gasteiger partial charge in [-0.1, -0.05) is 19.1 Å². The molecule has 1 N–H and O–H groups in total. The van der Waals surface area contributed by atoms with Crippen molar-refractivity contribution in [2.45, 2.75) is 26.2 Å². The van der Waals surface area contributed by atoms with E-state index in [0.29, 0.717) is 5.92 Å². The van der Waals surface area contributed by atoms with E-state index in [9.17, 15) is 4.79 Å². The fourth-order valence-corrected chi connectivity index (χ4v) is 2.53. The molecule has 1 fully saturated rings. The van der Waals surface area contributed by atoms with Gasteiger partial charge < -0.3 is 10.2 Å². The van der Waals surface area contributed by atoms with Crippen LogP contribution in [0.15, 0.2) is 24.3 Å². The molecule has 19 heavy (non-hydrogen) atoms. The number of hydrogen-bond acceptors (Lipinski definition) is 3. The van der Waals surface area contributed by atoms with Gasteiger partial charge >= 0.3 is 0 Å². The van der Waals surface area contributed by atoms with Gasteiger partial charge in [0.15, 0.2) is 0 Å². The fraction of sp³-hybridized carbons (Fsp3) is 0.467. The van der Waals surface area contributed by atoms with Crippen LogP contribution in [0.25, 0.3) is 0 Å². The van der Waals surface area contributed by atoms with E-state index in [2.05, 4.69) is 17.1 Å². The molecule has 0 spiro atoms. The summed E-state index contributed by atoms with van der Waals surface area (Å²) in [6.45, 7) is 4.30. The number of carbonyl (C=O) groups is 1. The lowest BCUT2D eigenvalue weighted by Gasteiger charge is -2.34. The highest BCUT2D eigenvalue weighted by Gasteiger charge is 2.19. The molecule has 1 aromatic rings. The molecule has 0 bridgehead atoms. The predicted molar refractivity (Wildman–Crippen MR) is 75.9 cm³/mol. The molecule has 1 unspecified atom stereocenters. The molecule has 0 aliphatic carbocycles. The molecular weight excluding hydrogens is 238 g/mol. The van der Waals surface area contributed by atoms with Gasteiger partial charge in [-0.15, -0.1) is 0 Å². The Morgan fingerprint density at radius 2 is 2.32 bits per heavy atom. The van der Waals surface area contributed by atoms with Gasteiger partial charge in [0.2, 0.25) is 5.91 Å². The summed E-state index contributed by atoms with van der Waals surface area (Å²) in [7, 11) is 0. The highest BCUT2D eigenvalue weighted by Crippen LogP contribution is 2.29. The van der Waals surface area contributed by atoms with Crippen LogP contribution < -0.4 is 10.2 Å². The summed E-state index contributed by atoms with van der Waals surface area (Å²) in [6.07, 6.45) is 2.34. The van der Waals surface area contributed by atoms with Crippen molar-refractivity contribution in [1.82, 2.24) is 0 Å². The van der Waals surface area contributed by atoms with E-state index in [0.717, 1.165) is 24.5 Å². The highest BCUT2D eigenvalue weighted by atomic mass is 16.1. The number of nitrogens with one attached hydrogen (secondary N) is 1. The summed E-state index contributed by atoms with van der Waals surface area (Å²) in [5.74, 6) is 0.427. The Balaban J connectivity index is 2.16. The Morgan fingerprint density at radius 1 is 1.53 bits per heavy atom. The lowest BCUT2D eigenvalue weighted by atomic mass is 9.99. The van der Waals surface area contributed by atoms with Gasteiger partial charge in [-0.25, -0.2) is 0 Å². The molecule has 4 nitrogen and oxygen atoms in total. The Morgan fingerprint density at radius 3 is 3.05 bits per heavy atom. The minimum absolute atomic E-state index is 0.106. The Labute approximate surface area is 114 Å². The average molecular weight is 257 g/mol. The van der Waals surface area contributed by atoms with Crippen LogP contribution in [0.1, 0.15) is 26.2 Å². The fourth-order valence-electron chi connectivity index (χ4n) is 2.53. The molecule has 2 rings (SSSR count). The Kier molecular flexibility index (Phi) is 4.40. The summed E-state index contributed by atoms with van der Waals surface area (Å²) < 4.78 is 0. The van der Waals surface area contributed by atoms with E-state index in [4.69, 9.17) is 5.26 Å². The predicted octanol–water partition coefficient (Wildman–Crippen LogP) is 2.78. The molecule has 100 valence electrons. The number of hydrogen-bond donors (Lipinski definition) is 1. The number of para-hydroxylation sites is 2. The van der Waals surface area contributed by atoms with Crippen molar-refractivity contribution in [2.75, 3.05) is 23.3 Å². The SMILES string of the molecule is CC1CCCN(c2ccccc2NC(=O)CC#N)C1. The molecule has 1 aliphatic heterocycles. The van der Waals surface area contributed by atoms with Gasteiger partial charge in [-0.3, -0.25) is 4.79 Å². The lowest BCUT2D eigenvalue weighted by molar-refractivity contribution is -0.115. The molecule has 1 saturated heterocycles. The summed E-state index contributed by atoms with van der Waals surface area (Å²) in [6, 6.07) is 9.67. The van der Waals surface area contributed by atoms with Crippen LogP contribution in [0.4, 0.5) is 11.4 Å². The second-order valence-corrected chi connectivity index (χ2v) is 5.09. The molecule has 0 aromatic heterocycles. The quantitative estimate of drug-likeness (QED) is 0.905. The summed E-state index contributed by atoms with van der Waals surface area (Å²) in [4.78, 5) is 13.9. The minimum atomic E-state index is -0.250. The number of piperidine rings is 1. The number of rotatable bonds is 3. The number of nitrogens with zero attached hydrogens (tertiary/aromatic N) is 2. The van der Waals surface area contributed by atoms with Crippen LogP contribution in [0.2, 0.25) is 0 Å². The highest BCUT2D eigenvalue weighted by molar-refractivity contribution is 5.95. The van der Waals surface area contributed by atoms with Crippen LogP contribution in [0.3, 0.4) is 0 Å². The van der Waals surface area contributed by atoms with E-state index in [-0.39, 0.29) is 12.3 Å². The molecular formula is C15H19N3O. The maximum atomic E-state index is 11.6. The number of amides is 1. The third-order valence-electron chi connectivity index (χ3n) is 3.42. The van der Waals surface area contributed by atoms with Gasteiger partial charge in [0, 0.05) is 13.1 Å². The van der Waals surface area contributed by atoms with Crippen molar-refractivity contribution in [3.63, 3.8) is 0 Å². The largest absolute Gasteiger partial charge is 0.370 e. The maximum Gasteiger partial charge on any atom is 0.238 e. The van der Waals surface area contributed by atoms with Gasteiger partial charge in [0.25, 0.3) is 0 Å². The van der Waals surface area contributed by atoms with Crippen molar-refractivity contribution in [1.29, 1.82) is 5.26 Å². The van der Waals surface area contributed by atoms with Crippen LogP contribution in [-0.2, 0) is 4.79 Å². The number of carbonyl (C=O) groups excluding carboxylic acids is 1. The zero-order valence-corrected chi connectivity index (χ0v) is 11.2. The first-order valence-corrected chi connectivity index (χ1v) is 6.71. The van der Waals surface area contributed by atoms with E-state index >= 15 is 0 Å². The van der Waals surface area contributed by atoms with Crippen molar-refractivity contribution >= 4 is 17.3 Å². The first kappa shape index (κ1) is 13.4. The molecule has 1 atom stereocenters. The maximum absolute atomic E-state index is 11.6. The van der Waals surface area contributed by atoms with E-state index in [1.807, 2.05) is 30.3 Å². The molecule has 1 amide bonds. The molecule has 1 aromatic carbocycles. The van der Waals surface area contributed by atoms with Crippen LogP contribution in [0, 0.1) is 17.2 Å². The van der Waals surface area contributed by atoms with Crippen molar-refractivity contribution in [2.24, 2.45) is 5.92 Å². The van der Waals surface area contributed by atoms with E-state index in [1.54, 1.807) is 0 Å². The first-order chi connectivity index (χ1) is 9.20. The Bertz CT molecular complexity index is 492. The molecule has 1 heterocycles. The molecule has 1 aliphatic rings. The van der Waals surface area contributed by atoms with Crippen molar-refractivity contribution in [3.8, 4) is 6.07 Å². The standard InChI is InChI=1S/C15H19N3O/c1-12-5-4-10-18(11-12)14-7-3-2-6-13(14)17-15(19)8-9-16/h2-3,6-7,12H,4-5,8,10-11H2,1H3,(H,17,19). The number of nitriles is 1. The molecule has 4 heteroatoms. The normalized spacial score (nSPS) is 18.7. The smallest absolute Gasteiger partial charge is 0.238 e. The Hall–Kier alpha value is -2.02. The third kappa shape index (κ3) is 3.47. The zero-order valence-electron chi connectivity index (χ0n) is 11.2. The summed E-state index contributed by atoms with van der Waals surface area (Å²) in [5.41, 5.74) is 1.86. The van der Waals surface area contributed by atoms with Gasteiger partial charge in [0.1, 0.15) is 6.42 Å². The second-order valence-electron chi connectivity index (χ2n) is 5.09. The summed E-state index contributed by atoms with van der Waals surface area (Å²) >= 11 is 0. The zero-order chi connectivity index (χ0) is 13.7. The van der Waals surface area contributed by atoms with Gasteiger partial charge in [0.05, 0.1) is 17.4 Å². The lowest BCUT2D eigenvalue weighted by Crippen LogP contribution is -2.34. The number of anilines is 2. The van der Waals surface area contributed by atoms with Crippen molar-refractivity contribution in [3.05, 3.63) is 24.3 Å². The van der Waals surface area contributed by atoms with Crippen molar-refractivity contribution < 1.29 is 4.79 Å². The third-order valence-corrected chi connectivity index (χ3v) is 3.42. The topological polar surface area (TPSA) is 56.1 Å². The molecule has 0 saturated carbocycles. The number of benzene rings is 1. The van der Waals surface area contributed by atoms with Gasteiger partial charge in [-0.2, -0.15) is 5.26 Å². The van der Waals surface area contributed by atoms with E-state index < -0.39 is 0 Å². The molecule has 0 radical (unpaired) electrons. The van der Waals surface area contributed by atoms with Crippen LogP contribution >= 0.6 is 0 Å².